The Morgan fingerprint density at radius 1 is 0.824 bits per heavy atom. The zero-order valence-corrected chi connectivity index (χ0v) is 10.7. The predicted molar refractivity (Wildman–Crippen MR) is 75.0 cm³/mol. The third kappa shape index (κ3) is 2.50. The fourth-order valence-electron chi connectivity index (χ4n) is 2.07. The lowest BCUT2D eigenvalue weighted by Crippen LogP contribution is -2.12. The quantitative estimate of drug-likeness (QED) is 0.739. The van der Waals surface area contributed by atoms with Crippen LogP contribution >= 0.6 is 0 Å². The van der Waals surface area contributed by atoms with Crippen molar-refractivity contribution in [2.24, 2.45) is 0 Å². The van der Waals surface area contributed by atoms with Gasteiger partial charge in [0.1, 0.15) is 0 Å². The van der Waals surface area contributed by atoms with E-state index in [4.69, 9.17) is 0 Å². The molecule has 0 spiro atoms. The zero-order chi connectivity index (χ0) is 12.3. The van der Waals surface area contributed by atoms with E-state index in [0.717, 1.165) is 0 Å². The molecule has 0 heterocycles. The lowest BCUT2D eigenvalue weighted by atomic mass is 10.0. The van der Waals surface area contributed by atoms with Gasteiger partial charge in [-0.25, -0.2) is 0 Å². The van der Waals surface area contributed by atoms with Gasteiger partial charge in [-0.2, -0.15) is 0 Å². The summed E-state index contributed by atoms with van der Waals surface area (Å²) in [5.41, 5.74) is 3.90. The van der Waals surface area contributed by atoms with Crippen LogP contribution in [0.15, 0.2) is 54.6 Å². The van der Waals surface area contributed by atoms with E-state index in [1.54, 1.807) is 0 Å². The fraction of sp³-hybridized carbons (Fsp3) is 0.250. The minimum absolute atomic E-state index is 0.539. The first-order valence-electron chi connectivity index (χ1n) is 6.08. The van der Waals surface area contributed by atoms with Gasteiger partial charge in [-0.05, 0) is 29.7 Å². The van der Waals surface area contributed by atoms with Crippen molar-refractivity contribution in [1.82, 2.24) is 0 Å². The Bertz CT molecular complexity index is 474. The van der Waals surface area contributed by atoms with Crippen molar-refractivity contribution in [1.29, 1.82) is 0 Å². The van der Waals surface area contributed by atoms with E-state index < -0.39 is 0 Å². The molecule has 1 heteroatoms. The monoisotopic (exact) mass is 225 g/mol. The molecule has 0 radical (unpaired) electrons. The smallest absolute Gasteiger partial charge is 0.0443 e. The second kappa shape index (κ2) is 5.05. The SMILES string of the molecule is CC(C)c1ccccc1N(C)c1ccccc1. The van der Waals surface area contributed by atoms with Gasteiger partial charge in [-0.1, -0.05) is 50.2 Å². The molecule has 0 saturated carbocycles. The normalized spacial score (nSPS) is 10.6. The van der Waals surface area contributed by atoms with Crippen LogP contribution in [-0.4, -0.2) is 7.05 Å². The third-order valence-corrected chi connectivity index (χ3v) is 3.06. The predicted octanol–water partition coefficient (Wildman–Crippen LogP) is 4.58. The van der Waals surface area contributed by atoms with Gasteiger partial charge in [0.25, 0.3) is 0 Å². The first kappa shape index (κ1) is 11.7. The largest absolute Gasteiger partial charge is 0.344 e. The molecule has 1 nitrogen and oxygen atoms in total. The molecule has 0 bridgehead atoms. The number of rotatable bonds is 3. The number of benzene rings is 2. The molecule has 2 rings (SSSR count). The lowest BCUT2D eigenvalue weighted by molar-refractivity contribution is 0.862. The average Bonchev–Trinajstić information content (AvgIpc) is 2.39. The van der Waals surface area contributed by atoms with Crippen molar-refractivity contribution in [3.8, 4) is 0 Å². The summed E-state index contributed by atoms with van der Waals surface area (Å²) in [6.07, 6.45) is 0. The van der Waals surface area contributed by atoms with Crippen LogP contribution in [0.1, 0.15) is 25.3 Å². The average molecular weight is 225 g/mol. The first-order chi connectivity index (χ1) is 8.20. The van der Waals surface area contributed by atoms with E-state index in [-0.39, 0.29) is 0 Å². The molecule has 0 unspecified atom stereocenters. The van der Waals surface area contributed by atoms with Gasteiger partial charge < -0.3 is 4.90 Å². The van der Waals surface area contributed by atoms with Crippen LogP contribution in [0.5, 0.6) is 0 Å². The molecule has 0 N–H and O–H groups in total. The molecule has 0 fully saturated rings. The summed E-state index contributed by atoms with van der Waals surface area (Å²) >= 11 is 0. The summed E-state index contributed by atoms with van der Waals surface area (Å²) in [4.78, 5) is 2.25. The Balaban J connectivity index is 2.41. The van der Waals surface area contributed by atoms with Crippen molar-refractivity contribution in [2.75, 3.05) is 11.9 Å². The molecule has 0 aromatic heterocycles. The topological polar surface area (TPSA) is 3.24 Å². The number of hydrogen-bond donors (Lipinski definition) is 0. The minimum atomic E-state index is 0.539. The lowest BCUT2D eigenvalue weighted by Gasteiger charge is -2.24. The standard InChI is InChI=1S/C16H19N/c1-13(2)15-11-7-8-12-16(15)17(3)14-9-5-4-6-10-14/h4-13H,1-3H3. The van der Waals surface area contributed by atoms with Crippen molar-refractivity contribution in [3.63, 3.8) is 0 Å². The molecule has 88 valence electrons. The van der Waals surface area contributed by atoms with E-state index in [2.05, 4.69) is 74.3 Å². The Kier molecular flexibility index (Phi) is 3.48. The molecular formula is C16H19N. The molecule has 0 aliphatic rings. The molecule has 17 heavy (non-hydrogen) atoms. The maximum atomic E-state index is 2.25. The Hall–Kier alpha value is -1.76. The van der Waals surface area contributed by atoms with Crippen LogP contribution < -0.4 is 4.90 Å². The molecule has 0 atom stereocenters. The van der Waals surface area contributed by atoms with Crippen LogP contribution in [0.2, 0.25) is 0 Å². The van der Waals surface area contributed by atoms with Crippen molar-refractivity contribution in [3.05, 3.63) is 60.2 Å². The Morgan fingerprint density at radius 2 is 1.41 bits per heavy atom. The van der Waals surface area contributed by atoms with Crippen LogP contribution in [0.25, 0.3) is 0 Å². The molecule has 0 aliphatic heterocycles. The number of hydrogen-bond acceptors (Lipinski definition) is 1. The number of nitrogens with zero attached hydrogens (tertiary/aromatic N) is 1. The summed E-state index contributed by atoms with van der Waals surface area (Å²) < 4.78 is 0. The molecule has 0 amide bonds. The summed E-state index contributed by atoms with van der Waals surface area (Å²) in [6, 6.07) is 19.1. The summed E-state index contributed by atoms with van der Waals surface area (Å²) in [7, 11) is 2.12. The van der Waals surface area contributed by atoms with E-state index in [9.17, 15) is 0 Å². The first-order valence-corrected chi connectivity index (χ1v) is 6.08. The maximum absolute atomic E-state index is 2.25. The highest BCUT2D eigenvalue weighted by atomic mass is 15.1. The number of anilines is 2. The minimum Gasteiger partial charge on any atom is -0.344 e. The maximum Gasteiger partial charge on any atom is 0.0443 e. The van der Waals surface area contributed by atoms with Gasteiger partial charge >= 0.3 is 0 Å². The van der Waals surface area contributed by atoms with Gasteiger partial charge in [0.05, 0.1) is 0 Å². The summed E-state index contributed by atoms with van der Waals surface area (Å²) in [5.74, 6) is 0.539. The molecule has 0 saturated heterocycles. The van der Waals surface area contributed by atoms with Crippen LogP contribution in [0.3, 0.4) is 0 Å². The zero-order valence-electron chi connectivity index (χ0n) is 10.7. The molecular weight excluding hydrogens is 206 g/mol. The second-order valence-corrected chi connectivity index (χ2v) is 4.61. The summed E-state index contributed by atoms with van der Waals surface area (Å²) in [6.45, 7) is 4.47. The molecule has 2 aromatic carbocycles. The van der Waals surface area contributed by atoms with Gasteiger partial charge in [0.15, 0.2) is 0 Å². The fourth-order valence-corrected chi connectivity index (χ4v) is 2.07. The van der Waals surface area contributed by atoms with Crippen LogP contribution in [-0.2, 0) is 0 Å². The van der Waals surface area contributed by atoms with Crippen molar-refractivity contribution >= 4 is 11.4 Å². The Morgan fingerprint density at radius 3 is 2.06 bits per heavy atom. The van der Waals surface area contributed by atoms with Crippen LogP contribution in [0.4, 0.5) is 11.4 Å². The van der Waals surface area contributed by atoms with E-state index >= 15 is 0 Å². The van der Waals surface area contributed by atoms with E-state index in [1.165, 1.54) is 16.9 Å². The van der Waals surface area contributed by atoms with Gasteiger partial charge in [-0.3, -0.25) is 0 Å². The Labute approximate surface area is 104 Å². The highest BCUT2D eigenvalue weighted by Crippen LogP contribution is 2.30. The molecule has 2 aromatic rings. The van der Waals surface area contributed by atoms with E-state index in [1.807, 2.05) is 6.07 Å². The van der Waals surface area contributed by atoms with E-state index in [0.29, 0.717) is 5.92 Å². The summed E-state index contributed by atoms with van der Waals surface area (Å²) in [5, 5.41) is 0. The van der Waals surface area contributed by atoms with Gasteiger partial charge in [0.2, 0.25) is 0 Å². The van der Waals surface area contributed by atoms with Crippen molar-refractivity contribution in [2.45, 2.75) is 19.8 Å². The second-order valence-electron chi connectivity index (χ2n) is 4.61. The molecule has 0 aliphatic carbocycles. The van der Waals surface area contributed by atoms with Gasteiger partial charge in [0, 0.05) is 18.4 Å². The number of para-hydroxylation sites is 2. The third-order valence-electron chi connectivity index (χ3n) is 3.06. The van der Waals surface area contributed by atoms with Gasteiger partial charge in [-0.15, -0.1) is 0 Å². The van der Waals surface area contributed by atoms with Crippen molar-refractivity contribution < 1.29 is 0 Å². The van der Waals surface area contributed by atoms with Crippen LogP contribution in [0, 0.1) is 0 Å². The highest BCUT2D eigenvalue weighted by molar-refractivity contribution is 5.66. The highest BCUT2D eigenvalue weighted by Gasteiger charge is 2.10.